The molecule has 0 aliphatic carbocycles. The van der Waals surface area contributed by atoms with Crippen LogP contribution in [0.3, 0.4) is 0 Å². The lowest BCUT2D eigenvalue weighted by Gasteiger charge is -2.18. The van der Waals surface area contributed by atoms with Crippen molar-refractivity contribution in [1.82, 2.24) is 0 Å². The summed E-state index contributed by atoms with van der Waals surface area (Å²) in [6, 6.07) is 5.37. The van der Waals surface area contributed by atoms with E-state index in [1.165, 1.54) is 36.4 Å². The molecule has 0 N–H and O–H groups in total. The Labute approximate surface area is 102 Å². The van der Waals surface area contributed by atoms with Crippen molar-refractivity contribution >= 4 is 5.97 Å². The summed E-state index contributed by atoms with van der Waals surface area (Å²) >= 11 is 0. The van der Waals surface area contributed by atoms with Crippen molar-refractivity contribution < 1.29 is 18.8 Å². The first-order valence-electron chi connectivity index (χ1n) is 5.32. The molecule has 1 aromatic carbocycles. The minimum Gasteiger partial charge on any atom is -0.454 e. The first kappa shape index (κ1) is 12.2. The van der Waals surface area contributed by atoms with E-state index in [9.17, 15) is 19.3 Å². The highest BCUT2D eigenvalue weighted by atomic mass is 19.1. The minimum absolute atomic E-state index is 0.381. The number of rotatable bonds is 4. The van der Waals surface area contributed by atoms with E-state index < -0.39 is 28.7 Å². The molecule has 0 saturated heterocycles. The zero-order chi connectivity index (χ0) is 13.1. The minimum atomic E-state index is -0.673. The van der Waals surface area contributed by atoms with Gasteiger partial charge in [0.1, 0.15) is 11.9 Å². The average molecular weight is 251 g/mol. The van der Waals surface area contributed by atoms with Crippen LogP contribution in [0.25, 0.3) is 0 Å². The van der Waals surface area contributed by atoms with Gasteiger partial charge in [0.2, 0.25) is 6.54 Å². The van der Waals surface area contributed by atoms with Gasteiger partial charge < -0.3 is 4.74 Å². The summed E-state index contributed by atoms with van der Waals surface area (Å²) in [7, 11) is 0. The van der Waals surface area contributed by atoms with Crippen LogP contribution in [0.1, 0.15) is 11.5 Å². The van der Waals surface area contributed by atoms with Gasteiger partial charge in [-0.2, -0.15) is 0 Å². The van der Waals surface area contributed by atoms with Crippen molar-refractivity contribution in [1.29, 1.82) is 0 Å². The predicted molar refractivity (Wildman–Crippen MR) is 60.0 cm³/mol. The molecule has 0 saturated carbocycles. The fourth-order valence-electron chi connectivity index (χ4n) is 1.87. The first-order valence-corrected chi connectivity index (χ1v) is 5.32. The molecule has 6 heteroatoms. The number of ether oxygens (including phenoxy) is 1. The lowest BCUT2D eigenvalue weighted by atomic mass is 9.93. The fraction of sp³-hybridized carbons (Fsp3) is 0.250. The van der Waals surface area contributed by atoms with Gasteiger partial charge in [-0.15, -0.1) is 0 Å². The van der Waals surface area contributed by atoms with Crippen molar-refractivity contribution in [2.45, 2.75) is 12.0 Å². The Hall–Kier alpha value is -2.24. The van der Waals surface area contributed by atoms with E-state index in [1.54, 1.807) is 0 Å². The summed E-state index contributed by atoms with van der Waals surface area (Å²) in [6.07, 6.45) is 2.05. The Balaban J connectivity index is 2.24. The highest BCUT2D eigenvalue weighted by molar-refractivity contribution is 5.84. The molecular formula is C12H10FNO4. The highest BCUT2D eigenvalue weighted by Crippen LogP contribution is 2.26. The monoisotopic (exact) mass is 251 g/mol. The normalized spacial score (nSPS) is 19.6. The van der Waals surface area contributed by atoms with Crippen LogP contribution >= 0.6 is 0 Å². The molecule has 5 nitrogen and oxygen atoms in total. The molecule has 0 fully saturated rings. The molecule has 0 unspecified atom stereocenters. The average Bonchev–Trinajstić information content (AvgIpc) is 2.74. The lowest BCUT2D eigenvalue weighted by Crippen LogP contribution is -2.25. The second-order valence-electron chi connectivity index (χ2n) is 3.93. The Kier molecular flexibility index (Phi) is 3.36. The molecule has 2 rings (SSSR count). The summed E-state index contributed by atoms with van der Waals surface area (Å²) in [5.74, 6) is -1.55. The van der Waals surface area contributed by atoms with Crippen molar-refractivity contribution in [3.05, 3.63) is 57.9 Å². The van der Waals surface area contributed by atoms with Crippen LogP contribution in [0.15, 0.2) is 36.4 Å². The number of esters is 1. The summed E-state index contributed by atoms with van der Waals surface area (Å²) in [5, 5.41) is 10.7. The van der Waals surface area contributed by atoms with Gasteiger partial charge in [0, 0.05) is 11.0 Å². The number of cyclic esters (lactones) is 1. The third kappa shape index (κ3) is 2.71. The van der Waals surface area contributed by atoms with E-state index in [0.717, 1.165) is 0 Å². The van der Waals surface area contributed by atoms with Gasteiger partial charge in [-0.25, -0.2) is 9.18 Å². The summed E-state index contributed by atoms with van der Waals surface area (Å²) in [5.41, 5.74) is 0.567. The maximum Gasteiger partial charge on any atom is 0.331 e. The Morgan fingerprint density at radius 2 is 2.06 bits per heavy atom. The second kappa shape index (κ2) is 4.95. The maximum absolute atomic E-state index is 12.8. The van der Waals surface area contributed by atoms with E-state index in [-0.39, 0.29) is 6.54 Å². The third-order valence-corrected chi connectivity index (χ3v) is 2.71. The Morgan fingerprint density at radius 3 is 2.56 bits per heavy atom. The topological polar surface area (TPSA) is 69.4 Å². The largest absolute Gasteiger partial charge is 0.454 e. The molecule has 94 valence electrons. The smallest absolute Gasteiger partial charge is 0.331 e. The number of hydrogen-bond acceptors (Lipinski definition) is 4. The summed E-state index contributed by atoms with van der Waals surface area (Å²) in [6.45, 7) is -0.381. The van der Waals surface area contributed by atoms with Crippen LogP contribution in [0.4, 0.5) is 4.39 Å². The number of carbonyl (C=O) groups excluding carboxylic acids is 1. The molecule has 2 atom stereocenters. The Morgan fingerprint density at radius 1 is 1.39 bits per heavy atom. The van der Waals surface area contributed by atoms with Crippen LogP contribution in [-0.2, 0) is 9.53 Å². The van der Waals surface area contributed by atoms with Crippen LogP contribution < -0.4 is 0 Å². The molecular weight excluding hydrogens is 241 g/mol. The van der Waals surface area contributed by atoms with Gasteiger partial charge in [-0.1, -0.05) is 12.1 Å². The zero-order valence-corrected chi connectivity index (χ0v) is 9.28. The van der Waals surface area contributed by atoms with Crippen molar-refractivity contribution in [3.63, 3.8) is 0 Å². The Bertz CT molecular complexity index is 497. The van der Waals surface area contributed by atoms with Crippen molar-refractivity contribution in [2.75, 3.05) is 6.54 Å². The number of benzene rings is 1. The van der Waals surface area contributed by atoms with E-state index in [2.05, 4.69) is 0 Å². The molecule has 1 heterocycles. The van der Waals surface area contributed by atoms with E-state index in [4.69, 9.17) is 4.74 Å². The number of nitro groups is 1. The van der Waals surface area contributed by atoms with E-state index in [0.29, 0.717) is 5.56 Å². The standard InChI is InChI=1S/C12H10FNO4/c13-9-3-1-8(2-4-9)10(7-14(16)17)11-5-6-12(15)18-11/h1-6,10-11H,7H2/t10-,11-/m0/s1. The van der Waals surface area contributed by atoms with Crippen LogP contribution in [0.2, 0.25) is 0 Å². The van der Waals surface area contributed by atoms with Gasteiger partial charge >= 0.3 is 5.97 Å². The van der Waals surface area contributed by atoms with Crippen molar-refractivity contribution in [3.8, 4) is 0 Å². The quantitative estimate of drug-likeness (QED) is 0.463. The molecule has 1 aliphatic rings. The molecule has 0 spiro atoms. The number of halogens is 1. The van der Waals surface area contributed by atoms with Crippen molar-refractivity contribution in [2.24, 2.45) is 0 Å². The molecule has 0 bridgehead atoms. The SMILES string of the molecule is O=C1C=C[C@@H]([C@@H](C[N+](=O)[O-])c2ccc(F)cc2)O1. The lowest BCUT2D eigenvalue weighted by molar-refractivity contribution is -0.484. The molecule has 0 radical (unpaired) electrons. The van der Waals surface area contributed by atoms with E-state index >= 15 is 0 Å². The predicted octanol–water partition coefficient (Wildman–Crippen LogP) is 1.67. The number of nitrogens with zero attached hydrogens (tertiary/aromatic N) is 1. The summed E-state index contributed by atoms with van der Waals surface area (Å²) in [4.78, 5) is 21.2. The van der Waals surface area contributed by atoms with Gasteiger partial charge in [-0.3, -0.25) is 10.1 Å². The van der Waals surface area contributed by atoms with Crippen LogP contribution in [0.5, 0.6) is 0 Å². The molecule has 0 amide bonds. The molecule has 1 aliphatic heterocycles. The van der Waals surface area contributed by atoms with Crippen LogP contribution in [-0.4, -0.2) is 23.5 Å². The summed E-state index contributed by atoms with van der Waals surface area (Å²) < 4.78 is 17.8. The van der Waals surface area contributed by atoms with Gasteiger partial charge in [0.25, 0.3) is 0 Å². The second-order valence-corrected chi connectivity index (χ2v) is 3.93. The fourth-order valence-corrected chi connectivity index (χ4v) is 1.87. The third-order valence-electron chi connectivity index (χ3n) is 2.71. The number of carbonyl (C=O) groups is 1. The molecule has 18 heavy (non-hydrogen) atoms. The zero-order valence-electron chi connectivity index (χ0n) is 9.28. The molecule has 0 aromatic heterocycles. The highest BCUT2D eigenvalue weighted by Gasteiger charge is 2.31. The van der Waals surface area contributed by atoms with E-state index in [1.807, 2.05) is 0 Å². The van der Waals surface area contributed by atoms with Gasteiger partial charge in [0.05, 0.1) is 5.92 Å². The van der Waals surface area contributed by atoms with Gasteiger partial charge in [0.15, 0.2) is 0 Å². The van der Waals surface area contributed by atoms with Crippen LogP contribution in [0, 0.1) is 15.9 Å². The first-order chi connectivity index (χ1) is 8.56. The van der Waals surface area contributed by atoms with Gasteiger partial charge in [-0.05, 0) is 23.8 Å². The number of hydrogen-bond donors (Lipinski definition) is 0. The molecule has 1 aromatic rings. The maximum atomic E-state index is 12.8.